The number of piperidine rings is 1. The van der Waals surface area contributed by atoms with Gasteiger partial charge in [-0.05, 0) is 18.6 Å². The summed E-state index contributed by atoms with van der Waals surface area (Å²) in [7, 11) is 0. The molecule has 132 valence electrons. The Labute approximate surface area is 151 Å². The number of carboxylic acid groups (broad SMARTS) is 1. The van der Waals surface area contributed by atoms with E-state index in [4.69, 9.17) is 4.42 Å². The zero-order valence-electron chi connectivity index (χ0n) is 13.5. The van der Waals surface area contributed by atoms with Crippen LogP contribution in [-0.4, -0.2) is 57.5 Å². The third-order valence-electron chi connectivity index (χ3n) is 5.04. The van der Waals surface area contributed by atoms with Crippen LogP contribution in [0.5, 0.6) is 0 Å². The summed E-state index contributed by atoms with van der Waals surface area (Å²) in [4.78, 5) is 35.0. The van der Waals surface area contributed by atoms with Crippen molar-refractivity contribution in [2.24, 2.45) is 0 Å². The number of thiazole rings is 1. The second-order valence-corrected chi connectivity index (χ2v) is 7.36. The molecule has 2 bridgehead atoms. The molecule has 5 heterocycles. The molecule has 3 aliphatic rings. The zero-order chi connectivity index (χ0) is 17.8. The lowest BCUT2D eigenvalue weighted by atomic mass is 9.88. The van der Waals surface area contributed by atoms with Gasteiger partial charge >= 0.3 is 6.09 Å². The number of carbonyl (C=O) groups excluding carboxylic acids is 1. The number of piperazine rings is 1. The van der Waals surface area contributed by atoms with Gasteiger partial charge in [-0.2, -0.15) is 4.98 Å². The Balaban J connectivity index is 1.55. The van der Waals surface area contributed by atoms with E-state index in [1.807, 2.05) is 16.3 Å². The molecular weight excluding hydrogens is 356 g/mol. The first-order valence-electron chi connectivity index (χ1n) is 8.20. The van der Waals surface area contributed by atoms with E-state index in [0.29, 0.717) is 35.8 Å². The highest BCUT2D eigenvalue weighted by Gasteiger charge is 2.48. The Hall–Kier alpha value is -2.94. The van der Waals surface area contributed by atoms with Crippen LogP contribution in [0.4, 0.5) is 10.8 Å². The summed E-state index contributed by atoms with van der Waals surface area (Å²) in [6, 6.07) is 3.89. The lowest BCUT2D eigenvalue weighted by molar-refractivity contribution is 0.0101. The summed E-state index contributed by atoms with van der Waals surface area (Å²) in [6.45, 7) is 1.08. The average Bonchev–Trinajstić information content (AvgIpc) is 3.30. The molecule has 3 aliphatic heterocycles. The second kappa shape index (κ2) is 5.53. The number of aldehydes is 1. The molecule has 0 aliphatic carbocycles. The number of hydrogen-bond donors (Lipinski definition) is 1. The third kappa shape index (κ3) is 2.13. The van der Waals surface area contributed by atoms with Crippen molar-refractivity contribution in [2.45, 2.75) is 18.5 Å². The van der Waals surface area contributed by atoms with Crippen molar-refractivity contribution in [1.82, 2.24) is 14.9 Å². The second-order valence-electron chi connectivity index (χ2n) is 6.47. The van der Waals surface area contributed by atoms with Gasteiger partial charge in [0.2, 0.25) is 0 Å². The van der Waals surface area contributed by atoms with Crippen LogP contribution >= 0.6 is 11.3 Å². The molecule has 2 atom stereocenters. The van der Waals surface area contributed by atoms with Gasteiger partial charge in [0.15, 0.2) is 11.9 Å². The summed E-state index contributed by atoms with van der Waals surface area (Å²) in [5, 5.41) is 11.9. The minimum absolute atomic E-state index is 0.0368. The maximum Gasteiger partial charge on any atom is 0.407 e. The van der Waals surface area contributed by atoms with Crippen LogP contribution < -0.4 is 4.90 Å². The number of anilines is 1. The molecule has 0 spiro atoms. The van der Waals surface area contributed by atoms with E-state index in [1.165, 1.54) is 16.2 Å². The first-order valence-corrected chi connectivity index (χ1v) is 9.08. The van der Waals surface area contributed by atoms with Crippen molar-refractivity contribution in [1.29, 1.82) is 0 Å². The van der Waals surface area contributed by atoms with Gasteiger partial charge in [0.1, 0.15) is 10.5 Å². The van der Waals surface area contributed by atoms with Crippen LogP contribution in [0, 0.1) is 0 Å². The molecular formula is C17H14N4O4S. The molecule has 26 heavy (non-hydrogen) atoms. The van der Waals surface area contributed by atoms with Gasteiger partial charge in [0.05, 0.1) is 17.6 Å². The minimum atomic E-state index is -0.877. The predicted molar refractivity (Wildman–Crippen MR) is 94.8 cm³/mol. The quantitative estimate of drug-likeness (QED) is 0.708. The SMILES string of the molecule is O=Cc1ccc(-c2nccs2)c2oc(N3CC4CC(C3)N4C(=O)O)nc12. The third-order valence-corrected chi connectivity index (χ3v) is 5.84. The number of amides is 1. The number of aromatic nitrogens is 2. The number of rotatable bonds is 3. The lowest BCUT2D eigenvalue weighted by Crippen LogP contribution is -2.70. The van der Waals surface area contributed by atoms with Gasteiger partial charge < -0.3 is 14.4 Å². The number of hydrogen-bond acceptors (Lipinski definition) is 7. The first-order chi connectivity index (χ1) is 12.7. The van der Waals surface area contributed by atoms with Crippen LogP contribution in [0.1, 0.15) is 16.8 Å². The fourth-order valence-electron chi connectivity index (χ4n) is 3.85. The molecule has 8 nitrogen and oxygen atoms in total. The maximum absolute atomic E-state index is 11.4. The average molecular weight is 370 g/mol. The molecule has 3 aromatic rings. The minimum Gasteiger partial charge on any atom is -0.465 e. The monoisotopic (exact) mass is 370 g/mol. The molecule has 3 fully saturated rings. The van der Waals surface area contributed by atoms with E-state index in [0.717, 1.165) is 23.3 Å². The zero-order valence-corrected chi connectivity index (χ0v) is 14.3. The van der Waals surface area contributed by atoms with Crippen LogP contribution in [-0.2, 0) is 0 Å². The van der Waals surface area contributed by atoms with E-state index in [9.17, 15) is 14.7 Å². The van der Waals surface area contributed by atoms with Gasteiger partial charge in [-0.3, -0.25) is 9.69 Å². The molecule has 3 saturated heterocycles. The van der Waals surface area contributed by atoms with Gasteiger partial charge in [0, 0.05) is 30.2 Å². The summed E-state index contributed by atoms with van der Waals surface area (Å²) in [6.07, 6.45) is 2.47. The molecule has 1 aromatic carbocycles. The van der Waals surface area contributed by atoms with Crippen molar-refractivity contribution >= 4 is 40.8 Å². The Morgan fingerprint density at radius 1 is 1.35 bits per heavy atom. The molecule has 2 aromatic heterocycles. The van der Waals surface area contributed by atoms with Crippen molar-refractivity contribution in [3.05, 3.63) is 29.3 Å². The van der Waals surface area contributed by atoms with Gasteiger partial charge in [0.25, 0.3) is 6.01 Å². The highest BCUT2D eigenvalue weighted by Crippen LogP contribution is 2.38. The number of oxazole rings is 1. The van der Waals surface area contributed by atoms with Gasteiger partial charge in [-0.15, -0.1) is 11.3 Å². The number of nitrogens with zero attached hydrogens (tertiary/aromatic N) is 4. The fourth-order valence-corrected chi connectivity index (χ4v) is 4.51. The van der Waals surface area contributed by atoms with Crippen LogP contribution in [0.25, 0.3) is 21.7 Å². The van der Waals surface area contributed by atoms with E-state index in [2.05, 4.69) is 9.97 Å². The molecule has 1 amide bonds. The molecule has 1 N–H and O–H groups in total. The van der Waals surface area contributed by atoms with E-state index >= 15 is 0 Å². The van der Waals surface area contributed by atoms with Crippen LogP contribution in [0.3, 0.4) is 0 Å². The van der Waals surface area contributed by atoms with Crippen LogP contribution in [0.2, 0.25) is 0 Å². The largest absolute Gasteiger partial charge is 0.465 e. The lowest BCUT2D eigenvalue weighted by Gasteiger charge is -2.54. The number of fused-ring (bicyclic) bond motifs is 3. The maximum atomic E-state index is 11.4. The predicted octanol–water partition coefficient (Wildman–Crippen LogP) is 2.70. The Morgan fingerprint density at radius 2 is 2.15 bits per heavy atom. The number of carbonyl (C=O) groups is 2. The fraction of sp³-hybridized carbons (Fsp3) is 0.294. The van der Waals surface area contributed by atoms with Crippen molar-refractivity contribution in [3.63, 3.8) is 0 Å². The van der Waals surface area contributed by atoms with Crippen molar-refractivity contribution < 1.29 is 19.1 Å². The summed E-state index contributed by atoms with van der Waals surface area (Å²) >= 11 is 1.49. The number of benzene rings is 1. The topological polar surface area (TPSA) is 99.8 Å². The molecule has 6 rings (SSSR count). The van der Waals surface area contributed by atoms with Crippen molar-refractivity contribution in [2.75, 3.05) is 18.0 Å². The Bertz CT molecular complexity index is 1000. The van der Waals surface area contributed by atoms with Gasteiger partial charge in [-0.1, -0.05) is 0 Å². The Kier molecular flexibility index (Phi) is 3.26. The summed E-state index contributed by atoms with van der Waals surface area (Å²) in [5.74, 6) is 0. The molecule has 2 unspecified atom stereocenters. The van der Waals surface area contributed by atoms with Crippen molar-refractivity contribution in [3.8, 4) is 10.6 Å². The highest BCUT2D eigenvalue weighted by molar-refractivity contribution is 7.13. The smallest absolute Gasteiger partial charge is 0.407 e. The Morgan fingerprint density at radius 3 is 2.81 bits per heavy atom. The molecule has 0 saturated carbocycles. The first kappa shape index (κ1) is 15.3. The standard InChI is InChI=1S/C17H14N4O4S/c22-8-9-1-2-12(15-18-3-4-26-15)14-13(9)19-16(25-14)20-6-10-5-11(7-20)21(10)17(23)24/h1-4,8,10-11H,5-7H2,(H,23,24). The highest BCUT2D eigenvalue weighted by atomic mass is 32.1. The van der Waals surface area contributed by atoms with Crippen LogP contribution in [0.15, 0.2) is 28.1 Å². The van der Waals surface area contributed by atoms with E-state index in [1.54, 1.807) is 12.3 Å². The molecule has 0 radical (unpaired) electrons. The van der Waals surface area contributed by atoms with E-state index in [-0.39, 0.29) is 12.1 Å². The molecule has 9 heteroatoms. The van der Waals surface area contributed by atoms with Gasteiger partial charge in [-0.25, -0.2) is 9.78 Å². The summed E-state index contributed by atoms with van der Waals surface area (Å²) in [5.41, 5.74) is 2.31. The van der Waals surface area contributed by atoms with E-state index < -0.39 is 6.09 Å². The normalized spacial score (nSPS) is 21.7. The summed E-state index contributed by atoms with van der Waals surface area (Å²) < 4.78 is 6.03.